The number of ether oxygens (including phenoxy) is 1. The fourth-order valence-corrected chi connectivity index (χ4v) is 4.46. The zero-order valence-electron chi connectivity index (χ0n) is 19.4. The minimum Gasteiger partial charge on any atom is -0.492 e. The van der Waals surface area contributed by atoms with Gasteiger partial charge in [0, 0.05) is 20.0 Å². The van der Waals surface area contributed by atoms with E-state index in [1.807, 2.05) is 32.0 Å². The van der Waals surface area contributed by atoms with Crippen LogP contribution in [0.15, 0.2) is 75.7 Å². The molecule has 1 heterocycles. The molecule has 0 saturated carbocycles. The van der Waals surface area contributed by atoms with Crippen LogP contribution >= 0.6 is 31.9 Å². The van der Waals surface area contributed by atoms with Gasteiger partial charge < -0.3 is 15.4 Å². The highest BCUT2D eigenvalue weighted by molar-refractivity contribution is 9.10. The zero-order valence-corrected chi connectivity index (χ0v) is 22.6. The lowest BCUT2D eigenvalue weighted by molar-refractivity contribution is -0.133. The van der Waals surface area contributed by atoms with Gasteiger partial charge in [-0.05, 0) is 74.0 Å². The van der Waals surface area contributed by atoms with Crippen molar-refractivity contribution in [3.63, 3.8) is 0 Å². The van der Waals surface area contributed by atoms with Crippen molar-refractivity contribution in [2.75, 3.05) is 22.7 Å². The van der Waals surface area contributed by atoms with Gasteiger partial charge in [0.25, 0.3) is 5.91 Å². The number of nitrogens with one attached hydrogen (secondary N) is 3. The Kier molecular flexibility index (Phi) is 7.76. The Balaban J connectivity index is 1.63. The number of aromatic nitrogens is 1. The maximum absolute atomic E-state index is 13.3. The van der Waals surface area contributed by atoms with Gasteiger partial charge in [-0.15, -0.1) is 0 Å². The fourth-order valence-electron chi connectivity index (χ4n) is 3.61. The third-order valence-electron chi connectivity index (χ3n) is 5.29. The number of anilines is 2. The van der Waals surface area contributed by atoms with Crippen molar-refractivity contribution in [3.8, 4) is 5.75 Å². The summed E-state index contributed by atoms with van der Waals surface area (Å²) < 4.78 is 8.51. The van der Waals surface area contributed by atoms with Gasteiger partial charge >= 0.3 is 11.8 Å². The number of benzene rings is 3. The fraction of sp³-hybridized carbons (Fsp3) is 0.115. The van der Waals surface area contributed by atoms with E-state index in [1.54, 1.807) is 48.5 Å². The Morgan fingerprint density at radius 1 is 0.861 bits per heavy atom. The summed E-state index contributed by atoms with van der Waals surface area (Å²) in [7, 11) is 0. The highest BCUT2D eigenvalue weighted by Gasteiger charge is 2.22. The van der Waals surface area contributed by atoms with E-state index >= 15 is 0 Å². The Hall–Kier alpha value is -3.63. The van der Waals surface area contributed by atoms with E-state index in [-0.39, 0.29) is 5.69 Å². The molecule has 0 aliphatic rings. The number of hydrogen-bond acceptors (Lipinski definition) is 4. The topological polar surface area (TPSA) is 101 Å². The monoisotopic (exact) mass is 612 g/mol. The molecule has 0 unspecified atom stereocenters. The van der Waals surface area contributed by atoms with Crippen LogP contribution in [0.4, 0.5) is 11.4 Å². The van der Waals surface area contributed by atoms with Crippen LogP contribution in [0.2, 0.25) is 0 Å². The first-order valence-electron chi connectivity index (χ1n) is 11.0. The van der Waals surface area contributed by atoms with E-state index < -0.39 is 17.7 Å². The smallest absolute Gasteiger partial charge is 0.328 e. The first-order valence-corrected chi connectivity index (χ1v) is 12.6. The Morgan fingerprint density at radius 3 is 2.33 bits per heavy atom. The van der Waals surface area contributed by atoms with Crippen LogP contribution in [0.25, 0.3) is 10.9 Å². The molecule has 3 aromatic carbocycles. The first kappa shape index (κ1) is 25.5. The summed E-state index contributed by atoms with van der Waals surface area (Å²) in [6.07, 6.45) is 0. The third kappa shape index (κ3) is 5.60. The molecule has 8 nitrogen and oxygen atoms in total. The number of carbonyl (C=O) groups is 3. The predicted octanol–water partition coefficient (Wildman–Crippen LogP) is 5.83. The summed E-state index contributed by atoms with van der Waals surface area (Å²) in [6, 6.07) is 19.3. The molecule has 1 aromatic heterocycles. The van der Waals surface area contributed by atoms with E-state index in [0.29, 0.717) is 34.6 Å². The number of aryl methyl sites for hydroxylation is 1. The van der Waals surface area contributed by atoms with Gasteiger partial charge in [-0.1, -0.05) is 44.0 Å². The molecule has 3 amide bonds. The highest BCUT2D eigenvalue weighted by Crippen LogP contribution is 2.26. The molecular formula is C26H22Br2N4O4. The van der Waals surface area contributed by atoms with Gasteiger partial charge in [0.15, 0.2) is 0 Å². The van der Waals surface area contributed by atoms with Crippen molar-refractivity contribution in [3.05, 3.63) is 86.9 Å². The molecule has 4 aromatic rings. The SMILES string of the molecule is CCOc1ccccc1NC(=O)C(=O)Nn1c(C(=O)Nc2ccc(Br)cc2C)cc2cc(Br)ccc21. The summed E-state index contributed by atoms with van der Waals surface area (Å²) in [5, 5.41) is 6.14. The molecule has 0 bridgehead atoms. The van der Waals surface area contributed by atoms with Gasteiger partial charge in [0.1, 0.15) is 11.4 Å². The molecule has 3 N–H and O–H groups in total. The maximum Gasteiger partial charge on any atom is 0.328 e. The van der Waals surface area contributed by atoms with Crippen molar-refractivity contribution in [2.24, 2.45) is 0 Å². The normalized spacial score (nSPS) is 10.7. The van der Waals surface area contributed by atoms with Crippen molar-refractivity contribution >= 4 is 71.9 Å². The van der Waals surface area contributed by atoms with Crippen molar-refractivity contribution < 1.29 is 19.1 Å². The molecule has 0 aliphatic heterocycles. The Labute approximate surface area is 224 Å². The summed E-state index contributed by atoms with van der Waals surface area (Å²) >= 11 is 6.84. The average Bonchev–Trinajstić information content (AvgIpc) is 3.19. The third-order valence-corrected chi connectivity index (χ3v) is 6.27. The van der Waals surface area contributed by atoms with Crippen LogP contribution in [0.5, 0.6) is 5.75 Å². The number of nitrogens with zero attached hydrogens (tertiary/aromatic N) is 1. The molecule has 36 heavy (non-hydrogen) atoms. The van der Waals surface area contributed by atoms with Crippen molar-refractivity contribution in [2.45, 2.75) is 13.8 Å². The molecular weight excluding hydrogens is 592 g/mol. The number of carbonyl (C=O) groups excluding carboxylic acids is 3. The minimum absolute atomic E-state index is 0.154. The lowest BCUT2D eigenvalue weighted by Gasteiger charge is -2.14. The van der Waals surface area contributed by atoms with Crippen molar-refractivity contribution in [1.29, 1.82) is 0 Å². The van der Waals surface area contributed by atoms with Gasteiger partial charge in [-0.2, -0.15) is 0 Å². The second kappa shape index (κ2) is 11.0. The Bertz CT molecular complexity index is 1480. The van der Waals surface area contributed by atoms with Gasteiger partial charge in [0.2, 0.25) is 0 Å². The molecule has 0 aliphatic carbocycles. The van der Waals surface area contributed by atoms with Crippen LogP contribution in [0, 0.1) is 6.92 Å². The van der Waals surface area contributed by atoms with Crippen LogP contribution in [0.3, 0.4) is 0 Å². The van der Waals surface area contributed by atoms with Crippen molar-refractivity contribution in [1.82, 2.24) is 4.68 Å². The number of fused-ring (bicyclic) bond motifs is 1. The molecule has 0 spiro atoms. The lowest BCUT2D eigenvalue weighted by Crippen LogP contribution is -2.36. The van der Waals surface area contributed by atoms with Gasteiger partial charge in [0.05, 0.1) is 17.8 Å². The largest absolute Gasteiger partial charge is 0.492 e. The van der Waals surface area contributed by atoms with Crippen LogP contribution in [-0.2, 0) is 9.59 Å². The minimum atomic E-state index is -0.949. The summed E-state index contributed by atoms with van der Waals surface area (Å²) in [5.41, 5.74) is 5.11. The zero-order chi connectivity index (χ0) is 25.8. The molecule has 0 fully saturated rings. The predicted molar refractivity (Wildman–Crippen MR) is 147 cm³/mol. The Morgan fingerprint density at radius 2 is 1.58 bits per heavy atom. The van der Waals surface area contributed by atoms with E-state index in [2.05, 4.69) is 47.9 Å². The molecule has 0 radical (unpaired) electrons. The molecule has 184 valence electrons. The summed E-state index contributed by atoms with van der Waals surface area (Å²) in [6.45, 7) is 4.10. The molecule has 10 heteroatoms. The number of rotatable bonds is 6. The number of para-hydroxylation sites is 2. The summed E-state index contributed by atoms with van der Waals surface area (Å²) in [5.74, 6) is -1.86. The molecule has 4 rings (SSSR count). The number of amides is 3. The number of halogens is 2. The maximum atomic E-state index is 13.3. The van der Waals surface area contributed by atoms with E-state index in [0.717, 1.165) is 14.5 Å². The second-order valence-electron chi connectivity index (χ2n) is 7.81. The first-order chi connectivity index (χ1) is 17.3. The summed E-state index contributed by atoms with van der Waals surface area (Å²) in [4.78, 5) is 38.9. The van der Waals surface area contributed by atoms with Gasteiger partial charge in [-0.3, -0.25) is 19.8 Å². The second-order valence-corrected chi connectivity index (χ2v) is 9.64. The average molecular weight is 614 g/mol. The van der Waals surface area contributed by atoms with E-state index in [1.165, 1.54) is 4.68 Å². The van der Waals surface area contributed by atoms with Crippen LogP contribution < -0.4 is 20.8 Å². The lowest BCUT2D eigenvalue weighted by atomic mass is 10.2. The number of hydrogen-bond donors (Lipinski definition) is 3. The molecule has 0 atom stereocenters. The van der Waals surface area contributed by atoms with E-state index in [4.69, 9.17) is 4.74 Å². The van der Waals surface area contributed by atoms with E-state index in [9.17, 15) is 14.4 Å². The van der Waals surface area contributed by atoms with Crippen LogP contribution in [-0.4, -0.2) is 29.0 Å². The quantitative estimate of drug-likeness (QED) is 0.238. The highest BCUT2D eigenvalue weighted by atomic mass is 79.9. The van der Waals surface area contributed by atoms with Gasteiger partial charge in [-0.25, -0.2) is 4.68 Å². The standard InChI is InChI=1S/C26H22Br2N4O4/c1-3-36-23-7-5-4-6-20(23)30-25(34)26(35)31-32-21-11-9-18(28)13-16(21)14-22(32)24(33)29-19-10-8-17(27)12-15(19)2/h4-14H,3H2,1-2H3,(H,29,33)(H,30,34)(H,31,35). The van der Waals surface area contributed by atoms with Crippen LogP contribution in [0.1, 0.15) is 23.0 Å². The molecule has 0 saturated heterocycles.